The molecule has 2 aromatic heterocycles. The predicted octanol–water partition coefficient (Wildman–Crippen LogP) is 2.17. The highest BCUT2D eigenvalue weighted by Gasteiger charge is 2.24. The molecule has 0 aliphatic carbocycles. The number of hydrogen-bond acceptors (Lipinski definition) is 6. The van der Waals surface area contributed by atoms with E-state index in [1.807, 2.05) is 19.1 Å². The number of carbonyl (C=O) groups excluding carboxylic acids is 2. The van der Waals surface area contributed by atoms with Crippen molar-refractivity contribution in [1.82, 2.24) is 14.9 Å². The topological polar surface area (TPSA) is 75.6 Å². The minimum Gasteiger partial charge on any atom is -0.465 e. The number of pyridine rings is 2. The normalized spacial score (nSPS) is 13.8. The zero-order chi connectivity index (χ0) is 17.8. The van der Waals surface area contributed by atoms with Crippen LogP contribution in [0.3, 0.4) is 0 Å². The van der Waals surface area contributed by atoms with Gasteiger partial charge in [0.2, 0.25) is 0 Å². The van der Waals surface area contributed by atoms with Crippen molar-refractivity contribution in [3.05, 3.63) is 53.5 Å². The molecule has 1 aliphatic heterocycles. The Morgan fingerprint density at radius 1 is 1.08 bits per heavy atom. The molecule has 3 rings (SSSR count). The Kier molecular flexibility index (Phi) is 6.27. The van der Waals surface area contributed by atoms with Crippen LogP contribution in [-0.4, -0.2) is 60.0 Å². The van der Waals surface area contributed by atoms with E-state index in [1.165, 1.54) is 13.3 Å². The van der Waals surface area contributed by atoms with Crippen LogP contribution in [0.25, 0.3) is 0 Å². The van der Waals surface area contributed by atoms with Crippen LogP contribution >= 0.6 is 0 Å². The summed E-state index contributed by atoms with van der Waals surface area (Å²) in [5, 5.41) is 0. The maximum atomic E-state index is 12.6. The van der Waals surface area contributed by atoms with Crippen molar-refractivity contribution in [3.63, 3.8) is 0 Å². The number of methoxy groups -OCH3 is 1. The lowest BCUT2D eigenvalue weighted by Gasteiger charge is -2.35. The molecule has 1 aliphatic rings. The molecule has 7 nitrogen and oxygen atoms in total. The van der Waals surface area contributed by atoms with E-state index in [2.05, 4.69) is 19.6 Å². The Morgan fingerprint density at radius 2 is 1.81 bits per heavy atom. The average Bonchev–Trinajstić information content (AvgIpc) is 2.67. The summed E-state index contributed by atoms with van der Waals surface area (Å²) in [6, 6.07) is 7.07. The highest BCUT2D eigenvalue weighted by atomic mass is 16.5. The van der Waals surface area contributed by atoms with E-state index in [4.69, 9.17) is 0 Å². The van der Waals surface area contributed by atoms with Gasteiger partial charge in [0, 0.05) is 38.6 Å². The zero-order valence-corrected chi connectivity index (χ0v) is 14.3. The molecular formula is C19H24N4O3. The zero-order valence-electron chi connectivity index (χ0n) is 14.3. The second-order valence-electron chi connectivity index (χ2n) is 5.85. The van der Waals surface area contributed by atoms with E-state index in [0.29, 0.717) is 24.3 Å². The lowest BCUT2D eigenvalue weighted by Crippen LogP contribution is -2.49. The SMILES string of the molecule is C.COC(=O)c1ccc(C(=O)N2CCN(c3ncccc3C)CC2)nc1. The van der Waals surface area contributed by atoms with Gasteiger partial charge in [-0.1, -0.05) is 13.5 Å². The molecular weight excluding hydrogens is 332 g/mol. The quantitative estimate of drug-likeness (QED) is 0.785. The molecule has 1 saturated heterocycles. The van der Waals surface area contributed by atoms with E-state index in [0.717, 1.165) is 24.5 Å². The molecule has 0 unspecified atom stereocenters. The van der Waals surface area contributed by atoms with Gasteiger partial charge in [0.1, 0.15) is 11.5 Å². The minimum absolute atomic E-state index is 0. The summed E-state index contributed by atoms with van der Waals surface area (Å²) >= 11 is 0. The Balaban J connectivity index is 0.00000243. The molecule has 26 heavy (non-hydrogen) atoms. The fourth-order valence-electron chi connectivity index (χ4n) is 2.85. The van der Waals surface area contributed by atoms with Gasteiger partial charge < -0.3 is 14.5 Å². The summed E-state index contributed by atoms with van der Waals surface area (Å²) < 4.78 is 4.63. The van der Waals surface area contributed by atoms with Crippen LogP contribution in [0, 0.1) is 6.92 Å². The molecule has 138 valence electrons. The second-order valence-corrected chi connectivity index (χ2v) is 5.85. The third-order valence-corrected chi connectivity index (χ3v) is 4.25. The van der Waals surface area contributed by atoms with Gasteiger partial charge in [-0.3, -0.25) is 9.78 Å². The Morgan fingerprint density at radius 3 is 2.38 bits per heavy atom. The van der Waals surface area contributed by atoms with Crippen LogP contribution in [0.15, 0.2) is 36.7 Å². The van der Waals surface area contributed by atoms with Crippen LogP contribution in [0.5, 0.6) is 0 Å². The number of anilines is 1. The maximum Gasteiger partial charge on any atom is 0.339 e. The molecule has 0 saturated carbocycles. The van der Waals surface area contributed by atoms with E-state index in [9.17, 15) is 9.59 Å². The monoisotopic (exact) mass is 356 g/mol. The smallest absolute Gasteiger partial charge is 0.339 e. The van der Waals surface area contributed by atoms with E-state index in [1.54, 1.807) is 23.2 Å². The van der Waals surface area contributed by atoms with Crippen molar-refractivity contribution in [3.8, 4) is 0 Å². The number of nitrogens with zero attached hydrogens (tertiary/aromatic N) is 4. The number of ether oxygens (including phenoxy) is 1. The van der Waals surface area contributed by atoms with Gasteiger partial charge in [-0.15, -0.1) is 0 Å². The highest BCUT2D eigenvalue weighted by Crippen LogP contribution is 2.18. The molecule has 1 amide bonds. The number of rotatable bonds is 3. The predicted molar refractivity (Wildman–Crippen MR) is 99.4 cm³/mol. The van der Waals surface area contributed by atoms with Gasteiger partial charge in [-0.25, -0.2) is 9.78 Å². The highest BCUT2D eigenvalue weighted by molar-refractivity contribution is 5.94. The van der Waals surface area contributed by atoms with Crippen molar-refractivity contribution >= 4 is 17.7 Å². The summed E-state index contributed by atoms with van der Waals surface area (Å²) in [4.78, 5) is 36.5. The van der Waals surface area contributed by atoms with Crippen LogP contribution in [0.4, 0.5) is 5.82 Å². The van der Waals surface area contributed by atoms with Crippen molar-refractivity contribution in [2.45, 2.75) is 14.4 Å². The van der Waals surface area contributed by atoms with Gasteiger partial charge in [0.05, 0.1) is 12.7 Å². The van der Waals surface area contributed by atoms with E-state index in [-0.39, 0.29) is 13.3 Å². The number of piperazine rings is 1. The summed E-state index contributed by atoms with van der Waals surface area (Å²) in [7, 11) is 1.31. The summed E-state index contributed by atoms with van der Waals surface area (Å²) in [6.07, 6.45) is 3.15. The molecule has 7 heteroatoms. The first kappa shape index (κ1) is 19.4. The molecule has 0 radical (unpaired) electrons. The Labute approximate surface area is 153 Å². The van der Waals surface area contributed by atoms with Crippen LogP contribution in [0.2, 0.25) is 0 Å². The number of hydrogen-bond donors (Lipinski definition) is 0. The molecule has 0 bridgehead atoms. The summed E-state index contributed by atoms with van der Waals surface area (Å²) in [6.45, 7) is 4.70. The molecule has 0 atom stereocenters. The molecule has 0 N–H and O–H groups in total. The second kappa shape index (κ2) is 8.42. The summed E-state index contributed by atoms with van der Waals surface area (Å²) in [5.41, 5.74) is 1.78. The average molecular weight is 356 g/mol. The number of amides is 1. The standard InChI is InChI=1S/C18H20N4O3.CH4/c1-13-4-3-7-19-16(13)21-8-10-22(11-9-21)17(23)15-6-5-14(12-20-15)18(24)25-2;/h3-7,12H,8-11H2,1-2H3;1H4. The lowest BCUT2D eigenvalue weighted by molar-refractivity contribution is 0.0599. The number of aryl methyl sites for hydroxylation is 1. The van der Waals surface area contributed by atoms with Crippen LogP contribution in [0.1, 0.15) is 33.8 Å². The van der Waals surface area contributed by atoms with Gasteiger partial charge in [0.15, 0.2) is 0 Å². The maximum absolute atomic E-state index is 12.6. The third-order valence-electron chi connectivity index (χ3n) is 4.25. The number of carbonyl (C=O) groups is 2. The molecule has 0 spiro atoms. The largest absolute Gasteiger partial charge is 0.465 e. The van der Waals surface area contributed by atoms with Crippen molar-refractivity contribution in [1.29, 1.82) is 0 Å². The van der Waals surface area contributed by atoms with Gasteiger partial charge in [0.25, 0.3) is 5.91 Å². The fraction of sp³-hybridized carbons (Fsp3) is 0.368. The van der Waals surface area contributed by atoms with E-state index < -0.39 is 5.97 Å². The molecule has 0 aromatic carbocycles. The first-order chi connectivity index (χ1) is 12.1. The minimum atomic E-state index is -0.467. The third kappa shape index (κ3) is 3.99. The molecule has 3 heterocycles. The first-order valence-electron chi connectivity index (χ1n) is 8.10. The van der Waals surface area contributed by atoms with Crippen molar-refractivity contribution in [2.75, 3.05) is 38.2 Å². The summed E-state index contributed by atoms with van der Waals surface area (Å²) in [5.74, 6) is 0.370. The van der Waals surface area contributed by atoms with E-state index >= 15 is 0 Å². The van der Waals surface area contributed by atoms with Gasteiger partial charge in [-0.2, -0.15) is 0 Å². The fourth-order valence-corrected chi connectivity index (χ4v) is 2.85. The number of aromatic nitrogens is 2. The van der Waals surface area contributed by atoms with Crippen molar-refractivity contribution in [2.24, 2.45) is 0 Å². The lowest BCUT2D eigenvalue weighted by atomic mass is 10.2. The van der Waals surface area contributed by atoms with Gasteiger partial charge >= 0.3 is 5.97 Å². The first-order valence-corrected chi connectivity index (χ1v) is 8.10. The Hall–Kier alpha value is -2.96. The molecule has 2 aromatic rings. The van der Waals surface area contributed by atoms with Crippen LogP contribution in [-0.2, 0) is 4.74 Å². The van der Waals surface area contributed by atoms with Crippen LogP contribution < -0.4 is 4.90 Å². The number of esters is 1. The van der Waals surface area contributed by atoms with Gasteiger partial charge in [-0.05, 0) is 30.7 Å². The Bertz CT molecular complexity index is 769. The molecule has 1 fully saturated rings. The van der Waals surface area contributed by atoms with Crippen molar-refractivity contribution < 1.29 is 14.3 Å².